The molecule has 2 aromatic rings. The van der Waals surface area contributed by atoms with Crippen LogP contribution in [-0.2, 0) is 6.54 Å². The molecule has 6 heteroatoms. The van der Waals surface area contributed by atoms with Gasteiger partial charge in [0.25, 0.3) is 0 Å². The predicted octanol–water partition coefficient (Wildman–Crippen LogP) is 2.36. The number of nitrogens with one attached hydrogen (secondary N) is 2. The monoisotopic (exact) mass is 295 g/mol. The molecule has 0 bridgehead atoms. The molecule has 90 valence electrons. The van der Waals surface area contributed by atoms with Gasteiger partial charge in [0, 0.05) is 6.54 Å². The molecule has 2 heterocycles. The van der Waals surface area contributed by atoms with Crippen LogP contribution in [0.4, 0.5) is 0 Å². The number of hydrogen-bond acceptors (Lipinski definition) is 3. The summed E-state index contributed by atoms with van der Waals surface area (Å²) in [7, 11) is 0. The SMILES string of the molecule is CC(C)=CCCn1cnc(=N)c2[nH]c(Br)nc21. The molecule has 0 atom stereocenters. The first-order chi connectivity index (χ1) is 8.08. The van der Waals surface area contributed by atoms with E-state index >= 15 is 0 Å². The standard InChI is InChI=1S/C11H14BrN5/c1-7(2)4-3-5-17-6-14-9(13)8-10(17)16-11(12)15-8/h4,6,13H,3,5H2,1-2H3,(H,15,16). The molecule has 0 unspecified atom stereocenters. The van der Waals surface area contributed by atoms with Gasteiger partial charge in [-0.1, -0.05) is 11.6 Å². The van der Waals surface area contributed by atoms with E-state index in [4.69, 9.17) is 5.41 Å². The average molecular weight is 296 g/mol. The molecule has 0 fully saturated rings. The minimum Gasteiger partial charge on any atom is -0.328 e. The lowest BCUT2D eigenvalue weighted by atomic mass is 10.2. The second-order valence-electron chi connectivity index (χ2n) is 4.08. The summed E-state index contributed by atoms with van der Waals surface area (Å²) in [5.74, 6) is 0. The first-order valence-corrected chi connectivity index (χ1v) is 6.16. The normalized spacial score (nSPS) is 10.8. The van der Waals surface area contributed by atoms with E-state index < -0.39 is 0 Å². The summed E-state index contributed by atoms with van der Waals surface area (Å²) in [6.45, 7) is 4.97. The molecule has 0 amide bonds. The number of halogens is 1. The fourth-order valence-corrected chi connectivity index (χ4v) is 1.98. The average Bonchev–Trinajstić information content (AvgIpc) is 2.64. The van der Waals surface area contributed by atoms with Crippen LogP contribution >= 0.6 is 15.9 Å². The summed E-state index contributed by atoms with van der Waals surface area (Å²) in [6, 6.07) is 0. The molecule has 17 heavy (non-hydrogen) atoms. The van der Waals surface area contributed by atoms with Gasteiger partial charge in [0.2, 0.25) is 0 Å². The summed E-state index contributed by atoms with van der Waals surface area (Å²) >= 11 is 3.28. The van der Waals surface area contributed by atoms with Crippen LogP contribution < -0.4 is 5.49 Å². The number of hydrogen-bond donors (Lipinski definition) is 2. The quantitative estimate of drug-likeness (QED) is 0.674. The zero-order chi connectivity index (χ0) is 12.4. The summed E-state index contributed by atoms with van der Waals surface area (Å²) in [5.41, 5.74) is 2.95. The molecular weight excluding hydrogens is 282 g/mol. The van der Waals surface area contributed by atoms with E-state index in [1.165, 1.54) is 5.57 Å². The van der Waals surface area contributed by atoms with E-state index in [1.807, 2.05) is 4.57 Å². The Morgan fingerprint density at radius 2 is 2.35 bits per heavy atom. The molecule has 2 aromatic heterocycles. The van der Waals surface area contributed by atoms with Gasteiger partial charge in [-0.3, -0.25) is 5.41 Å². The lowest BCUT2D eigenvalue weighted by Gasteiger charge is -2.04. The van der Waals surface area contributed by atoms with Gasteiger partial charge < -0.3 is 9.55 Å². The summed E-state index contributed by atoms with van der Waals surface area (Å²) in [6.07, 6.45) is 4.78. The number of H-pyrrole nitrogens is 1. The van der Waals surface area contributed by atoms with Crippen molar-refractivity contribution in [2.45, 2.75) is 26.8 Å². The molecule has 2 N–H and O–H groups in total. The van der Waals surface area contributed by atoms with E-state index in [2.05, 4.69) is 50.8 Å². The first-order valence-electron chi connectivity index (χ1n) is 5.36. The molecule has 0 aromatic carbocycles. The molecule has 0 aliphatic carbocycles. The maximum Gasteiger partial charge on any atom is 0.177 e. The van der Waals surface area contributed by atoms with Crippen LogP contribution in [-0.4, -0.2) is 19.5 Å². The first kappa shape index (κ1) is 12.0. The van der Waals surface area contributed by atoms with Gasteiger partial charge in [0.05, 0.1) is 6.33 Å². The highest BCUT2D eigenvalue weighted by molar-refractivity contribution is 9.10. The van der Waals surface area contributed by atoms with Crippen molar-refractivity contribution in [2.75, 3.05) is 0 Å². The number of imidazole rings is 1. The third kappa shape index (κ3) is 2.63. The number of aromatic nitrogens is 4. The molecule has 0 aliphatic rings. The molecule has 0 radical (unpaired) electrons. The third-order valence-electron chi connectivity index (χ3n) is 2.41. The number of nitrogens with zero attached hydrogens (tertiary/aromatic N) is 3. The van der Waals surface area contributed by atoms with Crippen molar-refractivity contribution in [1.29, 1.82) is 5.41 Å². The van der Waals surface area contributed by atoms with Crippen molar-refractivity contribution in [2.24, 2.45) is 0 Å². The highest BCUT2D eigenvalue weighted by Crippen LogP contribution is 2.11. The van der Waals surface area contributed by atoms with Gasteiger partial charge in [-0.2, -0.15) is 0 Å². The van der Waals surface area contributed by atoms with E-state index in [0.29, 0.717) is 10.3 Å². The maximum atomic E-state index is 7.69. The highest BCUT2D eigenvalue weighted by Gasteiger charge is 2.06. The van der Waals surface area contributed by atoms with Crippen LogP contribution in [0, 0.1) is 5.41 Å². The summed E-state index contributed by atoms with van der Waals surface area (Å²) < 4.78 is 2.58. The smallest absolute Gasteiger partial charge is 0.177 e. The van der Waals surface area contributed by atoms with Crippen LogP contribution in [0.5, 0.6) is 0 Å². The second kappa shape index (κ2) is 4.83. The molecule has 0 saturated carbocycles. The molecule has 2 rings (SSSR count). The predicted molar refractivity (Wildman–Crippen MR) is 69.5 cm³/mol. The van der Waals surface area contributed by atoms with Crippen LogP contribution in [0.25, 0.3) is 11.2 Å². The van der Waals surface area contributed by atoms with Crippen LogP contribution in [0.3, 0.4) is 0 Å². The minimum atomic E-state index is 0.219. The number of fused-ring (bicyclic) bond motifs is 1. The van der Waals surface area contributed by atoms with E-state index in [1.54, 1.807) is 6.33 Å². The van der Waals surface area contributed by atoms with E-state index in [9.17, 15) is 0 Å². The third-order valence-corrected chi connectivity index (χ3v) is 2.79. The zero-order valence-electron chi connectivity index (χ0n) is 9.79. The van der Waals surface area contributed by atoms with Gasteiger partial charge >= 0.3 is 0 Å². The number of aryl methyl sites for hydroxylation is 1. The van der Waals surface area contributed by atoms with Crippen molar-refractivity contribution in [1.82, 2.24) is 19.5 Å². The van der Waals surface area contributed by atoms with Crippen molar-refractivity contribution >= 4 is 27.1 Å². The molecule has 0 saturated heterocycles. The number of rotatable bonds is 3. The summed E-state index contributed by atoms with van der Waals surface area (Å²) in [5, 5.41) is 7.69. The maximum absolute atomic E-state index is 7.69. The van der Waals surface area contributed by atoms with Crippen LogP contribution in [0.2, 0.25) is 0 Å². The molecule has 5 nitrogen and oxygen atoms in total. The second-order valence-corrected chi connectivity index (χ2v) is 4.83. The van der Waals surface area contributed by atoms with Gasteiger partial charge in [0.1, 0.15) is 5.52 Å². The fraction of sp³-hybridized carbons (Fsp3) is 0.364. The molecule has 0 aliphatic heterocycles. The Morgan fingerprint density at radius 1 is 1.59 bits per heavy atom. The fourth-order valence-electron chi connectivity index (χ4n) is 1.61. The zero-order valence-corrected chi connectivity index (χ0v) is 11.4. The Morgan fingerprint density at radius 3 is 3.06 bits per heavy atom. The molecule has 0 spiro atoms. The van der Waals surface area contributed by atoms with Crippen molar-refractivity contribution in [3.05, 3.63) is 28.2 Å². The molecular formula is C11H14BrN5. The Balaban J connectivity index is 2.38. The van der Waals surface area contributed by atoms with Crippen molar-refractivity contribution in [3.8, 4) is 0 Å². The Labute approximate surface area is 107 Å². The lowest BCUT2D eigenvalue weighted by Crippen LogP contribution is -2.12. The van der Waals surface area contributed by atoms with Crippen LogP contribution in [0.15, 0.2) is 22.7 Å². The highest BCUT2D eigenvalue weighted by atomic mass is 79.9. The van der Waals surface area contributed by atoms with E-state index in [-0.39, 0.29) is 5.49 Å². The topological polar surface area (TPSA) is 70.3 Å². The van der Waals surface area contributed by atoms with Gasteiger partial charge in [-0.15, -0.1) is 0 Å². The van der Waals surface area contributed by atoms with Crippen LogP contribution in [0.1, 0.15) is 20.3 Å². The van der Waals surface area contributed by atoms with Gasteiger partial charge in [-0.25, -0.2) is 9.97 Å². The van der Waals surface area contributed by atoms with Crippen molar-refractivity contribution < 1.29 is 0 Å². The number of allylic oxidation sites excluding steroid dienone is 2. The van der Waals surface area contributed by atoms with Crippen molar-refractivity contribution in [3.63, 3.8) is 0 Å². The van der Waals surface area contributed by atoms with E-state index in [0.717, 1.165) is 18.6 Å². The Kier molecular flexibility index (Phi) is 3.42. The Hall–Kier alpha value is -1.43. The largest absolute Gasteiger partial charge is 0.328 e. The minimum absolute atomic E-state index is 0.219. The van der Waals surface area contributed by atoms with Gasteiger partial charge in [-0.05, 0) is 36.2 Å². The number of aromatic amines is 1. The summed E-state index contributed by atoms with van der Waals surface area (Å²) in [4.78, 5) is 11.3. The van der Waals surface area contributed by atoms with Gasteiger partial charge in [0.15, 0.2) is 15.9 Å². The lowest BCUT2D eigenvalue weighted by molar-refractivity contribution is 0.702. The Bertz CT molecular complexity index is 618.